The number of ether oxygens (including phenoxy) is 1. The van der Waals surface area contributed by atoms with Crippen molar-refractivity contribution >= 4 is 21.6 Å². The van der Waals surface area contributed by atoms with Crippen molar-refractivity contribution in [3.8, 4) is 0 Å². The van der Waals surface area contributed by atoms with E-state index in [-0.39, 0.29) is 6.04 Å². The summed E-state index contributed by atoms with van der Waals surface area (Å²) in [6.07, 6.45) is 3.62. The molecule has 0 radical (unpaired) electrons. The van der Waals surface area contributed by atoms with Gasteiger partial charge < -0.3 is 10.1 Å². The quantitative estimate of drug-likeness (QED) is 0.898. The average molecular weight is 321 g/mol. The summed E-state index contributed by atoms with van der Waals surface area (Å²) in [5.41, 5.74) is 3.42. The summed E-state index contributed by atoms with van der Waals surface area (Å²) in [6.45, 7) is 2.71. The zero-order chi connectivity index (χ0) is 13.7. The maximum atomic E-state index is 5.26. The van der Waals surface area contributed by atoms with E-state index in [9.17, 15) is 0 Å². The molecule has 0 spiro atoms. The fraction of sp³-hybridized carbons (Fsp3) is 0.267. The number of benzene rings is 1. The number of methoxy groups -OCH3 is 1. The van der Waals surface area contributed by atoms with Crippen LogP contribution in [0.3, 0.4) is 0 Å². The fourth-order valence-electron chi connectivity index (χ4n) is 1.95. The molecule has 1 heterocycles. The van der Waals surface area contributed by atoms with Crippen LogP contribution in [0.25, 0.3) is 0 Å². The van der Waals surface area contributed by atoms with Crippen molar-refractivity contribution < 1.29 is 4.74 Å². The van der Waals surface area contributed by atoms with Crippen LogP contribution in [0, 0.1) is 0 Å². The monoisotopic (exact) mass is 320 g/mol. The minimum atomic E-state index is 0.216. The van der Waals surface area contributed by atoms with E-state index in [0.717, 1.165) is 15.7 Å². The van der Waals surface area contributed by atoms with Crippen molar-refractivity contribution in [2.75, 3.05) is 12.4 Å². The highest BCUT2D eigenvalue weighted by Crippen LogP contribution is 2.28. The molecule has 4 heteroatoms. The maximum Gasteiger partial charge on any atom is 0.0744 e. The SMILES string of the molecule is COCc1c(Br)cccc1NC(C)c1ccncc1. The van der Waals surface area contributed by atoms with E-state index in [2.05, 4.69) is 39.2 Å². The molecule has 100 valence electrons. The summed E-state index contributed by atoms with van der Waals surface area (Å²) in [5, 5.41) is 3.51. The number of rotatable bonds is 5. The molecule has 3 nitrogen and oxygen atoms in total. The van der Waals surface area contributed by atoms with Gasteiger partial charge in [0.1, 0.15) is 0 Å². The van der Waals surface area contributed by atoms with Gasteiger partial charge in [0.25, 0.3) is 0 Å². The second kappa shape index (κ2) is 6.68. The minimum Gasteiger partial charge on any atom is -0.380 e. The summed E-state index contributed by atoms with van der Waals surface area (Å²) in [4.78, 5) is 4.04. The number of aromatic nitrogens is 1. The van der Waals surface area contributed by atoms with Crippen LogP contribution in [0.2, 0.25) is 0 Å². The van der Waals surface area contributed by atoms with E-state index in [1.165, 1.54) is 5.56 Å². The fourth-order valence-corrected chi connectivity index (χ4v) is 2.43. The molecule has 1 N–H and O–H groups in total. The number of hydrogen-bond donors (Lipinski definition) is 1. The molecule has 19 heavy (non-hydrogen) atoms. The van der Waals surface area contributed by atoms with Gasteiger partial charge in [-0.05, 0) is 36.8 Å². The van der Waals surface area contributed by atoms with E-state index in [1.54, 1.807) is 7.11 Å². The van der Waals surface area contributed by atoms with Crippen LogP contribution in [0.4, 0.5) is 5.69 Å². The molecule has 0 bridgehead atoms. The van der Waals surface area contributed by atoms with Crippen LogP contribution in [-0.2, 0) is 11.3 Å². The van der Waals surface area contributed by atoms with E-state index >= 15 is 0 Å². The van der Waals surface area contributed by atoms with E-state index in [0.29, 0.717) is 6.61 Å². The molecule has 0 amide bonds. The van der Waals surface area contributed by atoms with Gasteiger partial charge in [-0.15, -0.1) is 0 Å². The molecule has 2 aromatic rings. The molecule has 1 atom stereocenters. The summed E-state index contributed by atoms with van der Waals surface area (Å²) in [7, 11) is 1.70. The first kappa shape index (κ1) is 14.0. The minimum absolute atomic E-state index is 0.216. The Balaban J connectivity index is 2.21. The predicted octanol–water partition coefficient (Wildman–Crippen LogP) is 4.16. The van der Waals surface area contributed by atoms with Crippen LogP contribution in [-0.4, -0.2) is 12.1 Å². The lowest BCUT2D eigenvalue weighted by molar-refractivity contribution is 0.185. The molecule has 2 rings (SSSR count). The van der Waals surface area contributed by atoms with Gasteiger partial charge in [0.2, 0.25) is 0 Å². The molecule has 0 aliphatic carbocycles. The maximum absolute atomic E-state index is 5.26. The normalized spacial score (nSPS) is 12.2. The third kappa shape index (κ3) is 3.55. The third-order valence-corrected chi connectivity index (χ3v) is 3.73. The van der Waals surface area contributed by atoms with Gasteiger partial charge in [-0.25, -0.2) is 0 Å². The molecule has 0 saturated carbocycles. The van der Waals surface area contributed by atoms with E-state index in [1.807, 2.05) is 36.7 Å². The van der Waals surface area contributed by atoms with Gasteiger partial charge in [-0.1, -0.05) is 22.0 Å². The van der Waals surface area contributed by atoms with Gasteiger partial charge in [-0.2, -0.15) is 0 Å². The van der Waals surface area contributed by atoms with Crippen molar-refractivity contribution in [3.05, 3.63) is 58.3 Å². The summed E-state index contributed by atoms with van der Waals surface area (Å²) >= 11 is 3.56. The molecule has 0 saturated heterocycles. The number of hydrogen-bond acceptors (Lipinski definition) is 3. The molecule has 0 aliphatic rings. The standard InChI is InChI=1S/C15H17BrN2O/c1-11(12-6-8-17-9-7-12)18-15-5-3-4-14(16)13(15)10-19-2/h3-9,11,18H,10H2,1-2H3. The first-order valence-electron chi connectivity index (χ1n) is 6.15. The molecule has 0 aliphatic heterocycles. The first-order valence-corrected chi connectivity index (χ1v) is 6.94. The second-order valence-corrected chi connectivity index (χ2v) is 5.20. The number of nitrogens with one attached hydrogen (secondary N) is 1. The summed E-state index contributed by atoms with van der Waals surface area (Å²) in [6, 6.07) is 10.4. The van der Waals surface area contributed by atoms with Crippen molar-refractivity contribution in [2.45, 2.75) is 19.6 Å². The topological polar surface area (TPSA) is 34.1 Å². The van der Waals surface area contributed by atoms with Gasteiger partial charge in [0, 0.05) is 41.3 Å². The average Bonchev–Trinajstić information content (AvgIpc) is 2.43. The largest absolute Gasteiger partial charge is 0.380 e. The van der Waals surface area contributed by atoms with Crippen molar-refractivity contribution in [2.24, 2.45) is 0 Å². The lowest BCUT2D eigenvalue weighted by Gasteiger charge is -2.19. The first-order chi connectivity index (χ1) is 9.22. The Morgan fingerprint density at radius 2 is 2.00 bits per heavy atom. The van der Waals surface area contributed by atoms with Crippen LogP contribution in [0.5, 0.6) is 0 Å². The molecular weight excluding hydrogens is 304 g/mol. The Morgan fingerprint density at radius 1 is 1.26 bits per heavy atom. The van der Waals surface area contributed by atoms with E-state index < -0.39 is 0 Å². The van der Waals surface area contributed by atoms with Crippen LogP contribution < -0.4 is 5.32 Å². The predicted molar refractivity (Wildman–Crippen MR) is 81.1 cm³/mol. The Morgan fingerprint density at radius 3 is 2.68 bits per heavy atom. The lowest BCUT2D eigenvalue weighted by Crippen LogP contribution is -2.09. The Kier molecular flexibility index (Phi) is 4.93. The Bertz CT molecular complexity index is 531. The van der Waals surface area contributed by atoms with Gasteiger partial charge >= 0.3 is 0 Å². The number of halogens is 1. The Hall–Kier alpha value is -1.39. The van der Waals surface area contributed by atoms with Crippen molar-refractivity contribution in [1.82, 2.24) is 4.98 Å². The van der Waals surface area contributed by atoms with Crippen LogP contribution in [0.15, 0.2) is 47.2 Å². The highest BCUT2D eigenvalue weighted by molar-refractivity contribution is 9.10. The van der Waals surface area contributed by atoms with Gasteiger partial charge in [0.05, 0.1) is 6.61 Å². The van der Waals surface area contributed by atoms with Crippen LogP contribution in [0.1, 0.15) is 24.1 Å². The lowest BCUT2D eigenvalue weighted by atomic mass is 10.1. The molecule has 0 fully saturated rings. The third-order valence-electron chi connectivity index (χ3n) is 2.99. The zero-order valence-electron chi connectivity index (χ0n) is 11.1. The molecular formula is C15H17BrN2O. The van der Waals surface area contributed by atoms with E-state index in [4.69, 9.17) is 4.74 Å². The molecule has 1 unspecified atom stereocenters. The number of pyridine rings is 1. The van der Waals surface area contributed by atoms with Crippen molar-refractivity contribution in [3.63, 3.8) is 0 Å². The van der Waals surface area contributed by atoms with Gasteiger partial charge in [0.15, 0.2) is 0 Å². The smallest absolute Gasteiger partial charge is 0.0744 e. The highest BCUT2D eigenvalue weighted by atomic mass is 79.9. The Labute approximate surface area is 122 Å². The number of anilines is 1. The second-order valence-electron chi connectivity index (χ2n) is 4.35. The molecule has 1 aromatic heterocycles. The number of nitrogens with zero attached hydrogens (tertiary/aromatic N) is 1. The van der Waals surface area contributed by atoms with Crippen LogP contribution >= 0.6 is 15.9 Å². The summed E-state index contributed by atoms with van der Waals surface area (Å²) in [5.74, 6) is 0. The summed E-state index contributed by atoms with van der Waals surface area (Å²) < 4.78 is 6.31. The highest BCUT2D eigenvalue weighted by Gasteiger charge is 2.10. The molecule has 1 aromatic carbocycles. The zero-order valence-corrected chi connectivity index (χ0v) is 12.6. The van der Waals surface area contributed by atoms with Gasteiger partial charge in [-0.3, -0.25) is 4.98 Å². The van der Waals surface area contributed by atoms with Crippen molar-refractivity contribution in [1.29, 1.82) is 0 Å².